The summed E-state index contributed by atoms with van der Waals surface area (Å²) in [5.74, 6) is -0.436. The molecule has 0 amide bonds. The van der Waals surface area contributed by atoms with E-state index in [2.05, 4.69) is 29.2 Å². The molecular formula is C44H45NO8. The van der Waals surface area contributed by atoms with Crippen LogP contribution < -0.4 is 9.47 Å². The highest BCUT2D eigenvalue weighted by atomic mass is 16.5. The van der Waals surface area contributed by atoms with Crippen LogP contribution in [0.15, 0.2) is 116 Å². The zero-order chi connectivity index (χ0) is 37.5. The van der Waals surface area contributed by atoms with Gasteiger partial charge in [-0.05, 0) is 100 Å². The SMILES string of the molecule is COc1cc(CC(CO)(C(=O)CC(O)C(Cc2cc[nH]c2)Cc2ccc(O)c(OC)c2Cc2cccc3ccccc23)c2cccc(O)c2)ccc1O. The number of ketones is 1. The smallest absolute Gasteiger partial charge is 0.164 e. The molecule has 0 spiro atoms. The van der Waals surface area contributed by atoms with Crippen LogP contribution in [0.25, 0.3) is 10.8 Å². The minimum absolute atomic E-state index is 0.00843. The van der Waals surface area contributed by atoms with Gasteiger partial charge in [-0.3, -0.25) is 4.79 Å². The number of nitrogens with one attached hydrogen (secondary N) is 1. The molecule has 0 aliphatic heterocycles. The molecule has 6 aromatic rings. The van der Waals surface area contributed by atoms with E-state index in [1.165, 1.54) is 32.4 Å². The Morgan fingerprint density at radius 2 is 1.57 bits per heavy atom. The van der Waals surface area contributed by atoms with Gasteiger partial charge in [0.1, 0.15) is 11.5 Å². The lowest BCUT2D eigenvalue weighted by Crippen LogP contribution is -2.44. The van der Waals surface area contributed by atoms with Crippen molar-refractivity contribution in [1.29, 1.82) is 0 Å². The number of hydrogen-bond acceptors (Lipinski definition) is 8. The maximum Gasteiger partial charge on any atom is 0.164 e. The first kappa shape index (κ1) is 37.0. The number of aliphatic hydroxyl groups is 2. The number of phenolic OH excluding ortho intramolecular Hbond substituents is 3. The number of carbonyl (C=O) groups excluding carboxylic acids is 1. The van der Waals surface area contributed by atoms with Crippen LogP contribution in [0.5, 0.6) is 28.7 Å². The van der Waals surface area contributed by atoms with Crippen LogP contribution in [-0.2, 0) is 35.9 Å². The van der Waals surface area contributed by atoms with Gasteiger partial charge in [0, 0.05) is 30.8 Å². The molecule has 274 valence electrons. The van der Waals surface area contributed by atoms with Gasteiger partial charge in [-0.25, -0.2) is 0 Å². The molecule has 9 nitrogen and oxygen atoms in total. The highest BCUT2D eigenvalue weighted by molar-refractivity contribution is 5.91. The van der Waals surface area contributed by atoms with Crippen molar-refractivity contribution in [1.82, 2.24) is 4.98 Å². The summed E-state index contributed by atoms with van der Waals surface area (Å²) in [4.78, 5) is 17.7. The fourth-order valence-electron chi connectivity index (χ4n) is 7.45. The van der Waals surface area contributed by atoms with E-state index in [1.54, 1.807) is 30.3 Å². The predicted molar refractivity (Wildman–Crippen MR) is 204 cm³/mol. The molecule has 0 bridgehead atoms. The predicted octanol–water partition coefficient (Wildman–Crippen LogP) is 6.79. The third kappa shape index (κ3) is 8.01. The first-order chi connectivity index (χ1) is 25.6. The molecule has 0 aliphatic carbocycles. The average molecular weight is 716 g/mol. The molecule has 3 unspecified atom stereocenters. The molecule has 6 N–H and O–H groups in total. The lowest BCUT2D eigenvalue weighted by atomic mass is 9.70. The van der Waals surface area contributed by atoms with E-state index < -0.39 is 29.8 Å². The summed E-state index contributed by atoms with van der Waals surface area (Å²) in [7, 11) is 2.95. The van der Waals surface area contributed by atoms with Gasteiger partial charge in [-0.2, -0.15) is 0 Å². The van der Waals surface area contributed by atoms with Crippen LogP contribution in [-0.4, -0.2) is 63.2 Å². The van der Waals surface area contributed by atoms with E-state index >= 15 is 0 Å². The number of rotatable bonds is 16. The fraction of sp³-hybridized carbons (Fsp3) is 0.250. The normalized spacial score (nSPS) is 13.7. The Morgan fingerprint density at radius 1 is 0.792 bits per heavy atom. The van der Waals surface area contributed by atoms with Gasteiger partial charge < -0.3 is 40.0 Å². The number of aromatic amines is 1. The monoisotopic (exact) mass is 715 g/mol. The molecule has 0 fully saturated rings. The van der Waals surface area contributed by atoms with Gasteiger partial charge >= 0.3 is 0 Å². The van der Waals surface area contributed by atoms with E-state index in [-0.39, 0.29) is 35.8 Å². The van der Waals surface area contributed by atoms with Crippen molar-refractivity contribution < 1.29 is 39.8 Å². The number of phenols is 3. The van der Waals surface area contributed by atoms with E-state index in [4.69, 9.17) is 9.47 Å². The molecule has 9 heteroatoms. The van der Waals surface area contributed by atoms with Crippen LogP contribution in [0.1, 0.15) is 39.8 Å². The van der Waals surface area contributed by atoms with Gasteiger partial charge in [0.05, 0.1) is 32.3 Å². The Kier molecular flexibility index (Phi) is 11.4. The molecule has 3 atom stereocenters. The Balaban J connectivity index is 1.37. The van der Waals surface area contributed by atoms with Crippen LogP contribution in [0.3, 0.4) is 0 Å². The van der Waals surface area contributed by atoms with Gasteiger partial charge in [0.25, 0.3) is 0 Å². The van der Waals surface area contributed by atoms with Gasteiger partial charge in [0.2, 0.25) is 0 Å². The maximum atomic E-state index is 14.6. The molecule has 6 rings (SSSR count). The van der Waals surface area contributed by atoms with Crippen molar-refractivity contribution >= 4 is 16.6 Å². The molecule has 0 saturated carbocycles. The number of aliphatic hydroxyl groups excluding tert-OH is 2. The van der Waals surface area contributed by atoms with E-state index in [0.29, 0.717) is 36.1 Å². The number of ether oxygens (including phenoxy) is 2. The second-order valence-corrected chi connectivity index (χ2v) is 13.6. The third-order valence-corrected chi connectivity index (χ3v) is 10.3. The minimum Gasteiger partial charge on any atom is -0.508 e. The molecule has 1 aromatic heterocycles. The van der Waals surface area contributed by atoms with Gasteiger partial charge in [-0.15, -0.1) is 0 Å². The van der Waals surface area contributed by atoms with Crippen LogP contribution >= 0.6 is 0 Å². The Hall–Kier alpha value is -5.77. The quantitative estimate of drug-likeness (QED) is 0.0641. The number of Topliss-reactive ketones (excluding diaryl/α,β-unsaturated/α-hetero) is 1. The van der Waals surface area contributed by atoms with Crippen molar-refractivity contribution in [3.05, 3.63) is 149 Å². The first-order valence-corrected chi connectivity index (χ1v) is 17.6. The molecule has 5 aromatic carbocycles. The van der Waals surface area contributed by atoms with Crippen LogP contribution in [0.2, 0.25) is 0 Å². The lowest BCUT2D eigenvalue weighted by molar-refractivity contribution is -0.129. The van der Waals surface area contributed by atoms with Crippen molar-refractivity contribution in [3.63, 3.8) is 0 Å². The highest BCUT2D eigenvalue weighted by Gasteiger charge is 2.42. The summed E-state index contributed by atoms with van der Waals surface area (Å²) in [5.41, 5.74) is 3.10. The average Bonchev–Trinajstić information content (AvgIpc) is 3.68. The standard InChI is InChI=1S/C44H45NO8/c1-52-41-20-28(13-15-38(41)48)25-44(27-46,34-10-6-11-35(47)23-34)42(51)24-40(50)33(19-29-17-18-45-26-29)21-32-14-16-39(49)43(53-2)37(32)22-31-9-5-8-30-7-3-4-12-36(30)31/h3-18,20,23,26,33,40,45-50H,19,21-22,24-25,27H2,1-2H3. The molecule has 0 aliphatic rings. The zero-order valence-electron chi connectivity index (χ0n) is 29.8. The largest absolute Gasteiger partial charge is 0.508 e. The number of hydrogen-bond donors (Lipinski definition) is 6. The Morgan fingerprint density at radius 3 is 2.30 bits per heavy atom. The lowest BCUT2D eigenvalue weighted by Gasteiger charge is -2.34. The summed E-state index contributed by atoms with van der Waals surface area (Å²) < 4.78 is 11.1. The second kappa shape index (κ2) is 16.3. The number of methoxy groups -OCH3 is 2. The summed E-state index contributed by atoms with van der Waals surface area (Å²) >= 11 is 0. The third-order valence-electron chi connectivity index (χ3n) is 10.3. The minimum atomic E-state index is -1.54. The summed E-state index contributed by atoms with van der Waals surface area (Å²) in [5, 5.41) is 56.9. The maximum absolute atomic E-state index is 14.6. The number of carbonyl (C=O) groups is 1. The topological polar surface area (TPSA) is 152 Å². The summed E-state index contributed by atoms with van der Waals surface area (Å²) in [6.07, 6.45) is 3.48. The van der Waals surface area contributed by atoms with E-state index in [1.807, 2.05) is 42.7 Å². The van der Waals surface area contributed by atoms with Crippen molar-refractivity contribution in [3.8, 4) is 28.7 Å². The number of benzene rings is 5. The first-order valence-electron chi connectivity index (χ1n) is 17.6. The van der Waals surface area contributed by atoms with Crippen molar-refractivity contribution in [2.75, 3.05) is 20.8 Å². The molecule has 0 saturated heterocycles. The van der Waals surface area contributed by atoms with E-state index in [0.717, 1.165) is 33.0 Å². The van der Waals surface area contributed by atoms with E-state index in [9.17, 15) is 30.3 Å². The molecule has 0 radical (unpaired) electrons. The Bertz CT molecular complexity index is 2170. The zero-order valence-corrected chi connectivity index (χ0v) is 29.8. The molecule has 1 heterocycles. The van der Waals surface area contributed by atoms with Crippen LogP contribution in [0, 0.1) is 5.92 Å². The number of aromatic hydroxyl groups is 3. The fourth-order valence-corrected chi connectivity index (χ4v) is 7.45. The Labute approximate surface area is 308 Å². The highest BCUT2D eigenvalue weighted by Crippen LogP contribution is 2.39. The second-order valence-electron chi connectivity index (χ2n) is 13.6. The number of aromatic nitrogens is 1. The summed E-state index contributed by atoms with van der Waals surface area (Å²) in [6, 6.07) is 30.6. The van der Waals surface area contributed by atoms with Crippen LogP contribution in [0.4, 0.5) is 0 Å². The molecule has 53 heavy (non-hydrogen) atoms. The molecular weight excluding hydrogens is 670 g/mol. The summed E-state index contributed by atoms with van der Waals surface area (Å²) in [6.45, 7) is -0.599. The van der Waals surface area contributed by atoms with Gasteiger partial charge in [0.15, 0.2) is 23.0 Å². The van der Waals surface area contributed by atoms with Crippen molar-refractivity contribution in [2.45, 2.75) is 43.6 Å². The number of fused-ring (bicyclic) bond motifs is 1. The number of H-pyrrole nitrogens is 1. The van der Waals surface area contributed by atoms with Crippen molar-refractivity contribution in [2.24, 2.45) is 5.92 Å². The van der Waals surface area contributed by atoms with Gasteiger partial charge in [-0.1, -0.05) is 66.7 Å².